The van der Waals surface area contributed by atoms with E-state index in [1.54, 1.807) is 0 Å². The Kier molecular flexibility index (Phi) is 2.00. The number of nitrogens with zero attached hydrogens (tertiary/aromatic N) is 1. The van der Waals surface area contributed by atoms with Crippen molar-refractivity contribution in [1.29, 1.82) is 0 Å². The topological polar surface area (TPSA) is 44.3 Å². The Morgan fingerprint density at radius 1 is 1.14 bits per heavy atom. The van der Waals surface area contributed by atoms with E-state index in [0.29, 0.717) is 0 Å². The number of phenols is 2. The molecule has 14 heavy (non-hydrogen) atoms. The van der Waals surface area contributed by atoms with Crippen LogP contribution in [0.2, 0.25) is 0 Å². The van der Waals surface area contributed by atoms with Crippen LogP contribution in [0.25, 0.3) is 10.9 Å². The van der Waals surface area contributed by atoms with Crippen molar-refractivity contribution >= 4 is 23.5 Å². The molecule has 2 N–H and O–H groups in total. The maximum atomic E-state index is 9.33. The molecule has 0 saturated heterocycles. The molecule has 1 aromatic carbocycles. The van der Waals surface area contributed by atoms with Gasteiger partial charge >= 0.3 is 0 Å². The molecule has 0 bridgehead atoms. The molecule has 0 fully saturated rings. The number of aromatic hydroxyl groups is 2. The van der Waals surface area contributed by atoms with E-state index in [2.05, 4.69) is 12.6 Å². The first kappa shape index (κ1) is 9.15. The maximum absolute atomic E-state index is 9.33. The predicted octanol–water partition coefficient (Wildman–Crippen LogP) is 1.36. The van der Waals surface area contributed by atoms with Gasteiger partial charge in [0, 0.05) is 0 Å². The molecule has 0 amide bonds. The molecule has 2 rings (SSSR count). The van der Waals surface area contributed by atoms with Crippen molar-refractivity contribution < 1.29 is 14.8 Å². The van der Waals surface area contributed by atoms with E-state index in [4.69, 9.17) is 0 Å². The Balaban J connectivity index is 2.89. The number of thiol groups is 1. The number of phenolic OH excluding ortho intramolecular Hbond substituents is 2. The van der Waals surface area contributed by atoms with Gasteiger partial charge in [-0.3, -0.25) is 0 Å². The molecule has 0 spiro atoms. The van der Waals surface area contributed by atoms with E-state index in [0.717, 1.165) is 15.8 Å². The summed E-state index contributed by atoms with van der Waals surface area (Å²) < 4.78 is 1.84. The van der Waals surface area contributed by atoms with Gasteiger partial charge in [0.15, 0.2) is 17.7 Å². The fourth-order valence-corrected chi connectivity index (χ4v) is 1.78. The van der Waals surface area contributed by atoms with Crippen molar-refractivity contribution in [3.8, 4) is 11.5 Å². The number of benzene rings is 1. The lowest BCUT2D eigenvalue weighted by molar-refractivity contribution is -0.646. The van der Waals surface area contributed by atoms with Crippen molar-refractivity contribution in [1.82, 2.24) is 0 Å². The van der Waals surface area contributed by atoms with Crippen molar-refractivity contribution in [2.75, 3.05) is 0 Å². The second kappa shape index (κ2) is 3.06. The third kappa shape index (κ3) is 1.37. The zero-order valence-corrected chi connectivity index (χ0v) is 8.49. The van der Waals surface area contributed by atoms with E-state index in [1.165, 1.54) is 12.1 Å². The summed E-state index contributed by atoms with van der Waals surface area (Å²) in [7, 11) is 1.86. The standard InChI is InChI=1S/C10H9NO2S/c1-11-5-7(14)2-6-3-9(12)10(13)4-8(6)11/h2-5,12,14H,1H3/p+1. The number of hydrogen-bond donors (Lipinski definition) is 3. The Morgan fingerprint density at radius 2 is 1.79 bits per heavy atom. The number of pyridine rings is 1. The summed E-state index contributed by atoms with van der Waals surface area (Å²) in [4.78, 5) is 0.810. The molecule has 0 aliphatic carbocycles. The molecule has 72 valence electrons. The van der Waals surface area contributed by atoms with E-state index in [-0.39, 0.29) is 11.5 Å². The van der Waals surface area contributed by atoms with Crippen molar-refractivity contribution in [2.45, 2.75) is 4.90 Å². The van der Waals surface area contributed by atoms with Crippen LogP contribution in [0.15, 0.2) is 29.3 Å². The lowest BCUT2D eigenvalue weighted by Gasteiger charge is -2.01. The van der Waals surface area contributed by atoms with Gasteiger partial charge in [-0.1, -0.05) is 0 Å². The molecule has 0 atom stereocenters. The number of aryl methyl sites for hydroxylation is 1. The van der Waals surface area contributed by atoms with Crippen LogP contribution in [0, 0.1) is 0 Å². The lowest BCUT2D eigenvalue weighted by Crippen LogP contribution is -2.28. The van der Waals surface area contributed by atoms with Crippen LogP contribution >= 0.6 is 12.6 Å². The van der Waals surface area contributed by atoms with Crippen LogP contribution in [-0.2, 0) is 7.05 Å². The van der Waals surface area contributed by atoms with Gasteiger partial charge < -0.3 is 10.2 Å². The zero-order valence-electron chi connectivity index (χ0n) is 7.60. The van der Waals surface area contributed by atoms with Crippen molar-refractivity contribution in [2.24, 2.45) is 7.05 Å². The lowest BCUT2D eigenvalue weighted by atomic mass is 10.2. The van der Waals surface area contributed by atoms with E-state index >= 15 is 0 Å². The summed E-state index contributed by atoms with van der Waals surface area (Å²) in [5, 5.41) is 19.5. The molecule has 4 heteroatoms. The van der Waals surface area contributed by atoms with Crippen LogP contribution in [0.3, 0.4) is 0 Å². The van der Waals surface area contributed by atoms with Crippen LogP contribution in [0.4, 0.5) is 0 Å². The Bertz CT molecular complexity index is 511. The highest BCUT2D eigenvalue weighted by atomic mass is 32.1. The summed E-state index contributed by atoms with van der Waals surface area (Å²) in [5.74, 6) is -0.226. The van der Waals surface area contributed by atoms with Gasteiger partial charge in [-0.2, -0.15) is 4.57 Å². The molecular weight excluding hydrogens is 198 g/mol. The monoisotopic (exact) mass is 208 g/mol. The minimum Gasteiger partial charge on any atom is -0.504 e. The summed E-state index contributed by atoms with van der Waals surface area (Å²) in [6.07, 6.45) is 1.84. The van der Waals surface area contributed by atoms with Crippen LogP contribution in [0.1, 0.15) is 0 Å². The first-order chi connectivity index (χ1) is 6.58. The summed E-state index contributed by atoms with van der Waals surface area (Å²) in [6, 6.07) is 4.87. The van der Waals surface area contributed by atoms with Crippen molar-refractivity contribution in [3.63, 3.8) is 0 Å². The fourth-order valence-electron chi connectivity index (χ4n) is 1.47. The minimum absolute atomic E-state index is 0.111. The normalized spacial score (nSPS) is 10.7. The van der Waals surface area contributed by atoms with Gasteiger partial charge in [-0.05, 0) is 12.1 Å². The molecule has 1 aromatic heterocycles. The van der Waals surface area contributed by atoms with Crippen LogP contribution < -0.4 is 4.57 Å². The highest BCUT2D eigenvalue weighted by Crippen LogP contribution is 2.29. The average Bonchev–Trinajstić information content (AvgIpc) is 2.08. The number of hydrogen-bond acceptors (Lipinski definition) is 3. The van der Waals surface area contributed by atoms with Crippen molar-refractivity contribution in [3.05, 3.63) is 24.4 Å². The molecular formula is C10H10NO2S+. The third-order valence-corrected chi connectivity index (χ3v) is 2.38. The summed E-state index contributed by atoms with van der Waals surface area (Å²) >= 11 is 4.23. The van der Waals surface area contributed by atoms with Gasteiger partial charge in [0.05, 0.1) is 16.3 Å². The van der Waals surface area contributed by atoms with Crippen LogP contribution in [-0.4, -0.2) is 10.2 Å². The largest absolute Gasteiger partial charge is 0.504 e. The fraction of sp³-hybridized carbons (Fsp3) is 0.100. The SMILES string of the molecule is C[n+]1cc(S)cc2cc(O)c(O)cc21. The molecule has 0 saturated carbocycles. The average molecular weight is 208 g/mol. The predicted molar refractivity (Wildman–Crippen MR) is 55.7 cm³/mol. The second-order valence-electron chi connectivity index (χ2n) is 3.21. The second-order valence-corrected chi connectivity index (χ2v) is 3.73. The molecule has 0 radical (unpaired) electrons. The number of fused-ring (bicyclic) bond motifs is 1. The maximum Gasteiger partial charge on any atom is 0.216 e. The van der Waals surface area contributed by atoms with E-state index in [1.807, 2.05) is 23.9 Å². The van der Waals surface area contributed by atoms with Gasteiger partial charge in [0.25, 0.3) is 0 Å². The van der Waals surface area contributed by atoms with Crippen LogP contribution in [0.5, 0.6) is 11.5 Å². The third-order valence-electron chi connectivity index (χ3n) is 2.13. The molecule has 3 nitrogen and oxygen atoms in total. The Hall–Kier alpha value is -1.42. The quantitative estimate of drug-likeness (QED) is 0.348. The Labute approximate surface area is 86.7 Å². The highest BCUT2D eigenvalue weighted by Gasteiger charge is 2.10. The summed E-state index contributed by atoms with van der Waals surface area (Å²) in [6.45, 7) is 0. The highest BCUT2D eigenvalue weighted by molar-refractivity contribution is 7.80. The zero-order chi connectivity index (χ0) is 10.3. The molecule has 1 heterocycles. The van der Waals surface area contributed by atoms with Gasteiger partial charge in [-0.15, -0.1) is 12.6 Å². The van der Waals surface area contributed by atoms with E-state index in [9.17, 15) is 10.2 Å². The van der Waals surface area contributed by atoms with Gasteiger partial charge in [0.1, 0.15) is 7.05 Å². The minimum atomic E-state index is -0.114. The molecule has 0 aliphatic heterocycles. The summed E-state index contributed by atoms with van der Waals surface area (Å²) in [5.41, 5.74) is 0.845. The first-order valence-electron chi connectivity index (χ1n) is 4.12. The Morgan fingerprint density at radius 3 is 2.50 bits per heavy atom. The number of aromatic nitrogens is 1. The molecule has 0 aliphatic rings. The first-order valence-corrected chi connectivity index (χ1v) is 4.57. The molecule has 2 aromatic rings. The molecule has 0 unspecified atom stereocenters. The van der Waals surface area contributed by atoms with Gasteiger partial charge in [0.2, 0.25) is 5.52 Å². The van der Waals surface area contributed by atoms with E-state index < -0.39 is 0 Å². The number of rotatable bonds is 0. The smallest absolute Gasteiger partial charge is 0.216 e. The van der Waals surface area contributed by atoms with Gasteiger partial charge in [-0.25, -0.2) is 0 Å².